The molecule has 76 valence electrons. The number of carbonyl (C=O) groups is 1. The van der Waals surface area contributed by atoms with Crippen molar-refractivity contribution in [2.24, 2.45) is 23.7 Å². The molecule has 2 heteroatoms. The van der Waals surface area contributed by atoms with Crippen LogP contribution in [-0.4, -0.2) is 11.1 Å². The molecule has 1 aliphatic carbocycles. The van der Waals surface area contributed by atoms with E-state index in [1.54, 1.807) is 0 Å². The fourth-order valence-corrected chi connectivity index (χ4v) is 2.63. The van der Waals surface area contributed by atoms with Gasteiger partial charge in [0.05, 0.1) is 5.92 Å². The predicted molar refractivity (Wildman–Crippen MR) is 52.5 cm³/mol. The van der Waals surface area contributed by atoms with E-state index in [0.29, 0.717) is 11.8 Å². The van der Waals surface area contributed by atoms with E-state index in [1.165, 1.54) is 0 Å². The maximum Gasteiger partial charge on any atom is 0.306 e. The summed E-state index contributed by atoms with van der Waals surface area (Å²) in [6.45, 7) is 6.67. The van der Waals surface area contributed by atoms with Crippen LogP contribution >= 0.6 is 0 Å². The zero-order chi connectivity index (χ0) is 10.0. The van der Waals surface area contributed by atoms with Gasteiger partial charge in [0.25, 0.3) is 0 Å². The molecule has 0 aromatic heterocycles. The molecular formula is C11H20O2. The topological polar surface area (TPSA) is 37.3 Å². The van der Waals surface area contributed by atoms with Crippen molar-refractivity contribution in [1.82, 2.24) is 0 Å². The Labute approximate surface area is 80.3 Å². The molecule has 0 amide bonds. The summed E-state index contributed by atoms with van der Waals surface area (Å²) in [5, 5.41) is 8.88. The van der Waals surface area contributed by atoms with Crippen LogP contribution in [0.2, 0.25) is 0 Å². The van der Waals surface area contributed by atoms with Crippen LogP contribution < -0.4 is 0 Å². The second-order valence-corrected chi connectivity index (χ2v) is 4.73. The van der Waals surface area contributed by atoms with Crippen LogP contribution in [0.5, 0.6) is 0 Å². The SMILES string of the molecule is CC(C)C1CCC(C(=O)O)CC1C. The summed E-state index contributed by atoms with van der Waals surface area (Å²) < 4.78 is 0. The zero-order valence-electron chi connectivity index (χ0n) is 8.79. The molecule has 1 rings (SSSR count). The Kier molecular flexibility index (Phi) is 3.34. The number of carboxylic acids is 1. The Balaban J connectivity index is 2.51. The summed E-state index contributed by atoms with van der Waals surface area (Å²) in [6, 6.07) is 0. The van der Waals surface area contributed by atoms with Crippen molar-refractivity contribution < 1.29 is 9.90 Å². The molecule has 1 fully saturated rings. The lowest BCUT2D eigenvalue weighted by atomic mass is 9.70. The molecule has 1 saturated carbocycles. The molecular weight excluding hydrogens is 164 g/mol. The molecule has 3 atom stereocenters. The average Bonchev–Trinajstić information content (AvgIpc) is 2.03. The van der Waals surface area contributed by atoms with Crippen LogP contribution in [-0.2, 0) is 4.79 Å². The molecule has 3 unspecified atom stereocenters. The van der Waals surface area contributed by atoms with E-state index < -0.39 is 5.97 Å². The quantitative estimate of drug-likeness (QED) is 0.716. The van der Waals surface area contributed by atoms with Crippen LogP contribution in [0.4, 0.5) is 0 Å². The standard InChI is InChI=1S/C11H20O2/c1-7(2)10-5-4-9(11(12)13)6-8(10)3/h7-10H,4-6H2,1-3H3,(H,12,13). The summed E-state index contributed by atoms with van der Waals surface area (Å²) >= 11 is 0. The molecule has 1 aliphatic rings. The third kappa shape index (κ3) is 2.45. The van der Waals surface area contributed by atoms with Gasteiger partial charge in [-0.25, -0.2) is 0 Å². The minimum Gasteiger partial charge on any atom is -0.481 e. The Hall–Kier alpha value is -0.530. The van der Waals surface area contributed by atoms with Gasteiger partial charge in [-0.1, -0.05) is 20.8 Å². The summed E-state index contributed by atoms with van der Waals surface area (Å²) in [7, 11) is 0. The van der Waals surface area contributed by atoms with Crippen molar-refractivity contribution in [2.45, 2.75) is 40.0 Å². The summed E-state index contributed by atoms with van der Waals surface area (Å²) in [5.41, 5.74) is 0. The Morgan fingerprint density at radius 2 is 2.00 bits per heavy atom. The maximum atomic E-state index is 10.8. The van der Waals surface area contributed by atoms with Gasteiger partial charge in [-0.15, -0.1) is 0 Å². The molecule has 0 saturated heterocycles. The Morgan fingerprint density at radius 1 is 1.38 bits per heavy atom. The monoisotopic (exact) mass is 184 g/mol. The Bertz CT molecular complexity index is 187. The van der Waals surface area contributed by atoms with Crippen LogP contribution in [0.15, 0.2) is 0 Å². The number of hydrogen-bond donors (Lipinski definition) is 1. The van der Waals surface area contributed by atoms with E-state index in [0.717, 1.165) is 25.2 Å². The van der Waals surface area contributed by atoms with Crippen molar-refractivity contribution in [3.05, 3.63) is 0 Å². The molecule has 0 bridgehead atoms. The van der Waals surface area contributed by atoms with Crippen molar-refractivity contribution in [3.8, 4) is 0 Å². The molecule has 0 radical (unpaired) electrons. The fourth-order valence-electron chi connectivity index (χ4n) is 2.63. The summed E-state index contributed by atoms with van der Waals surface area (Å²) in [5.74, 6) is 1.33. The van der Waals surface area contributed by atoms with E-state index in [1.807, 2.05) is 0 Å². The van der Waals surface area contributed by atoms with Gasteiger partial charge in [-0.05, 0) is 37.0 Å². The minimum atomic E-state index is -0.603. The first kappa shape index (κ1) is 10.6. The van der Waals surface area contributed by atoms with Crippen LogP contribution in [0.25, 0.3) is 0 Å². The zero-order valence-corrected chi connectivity index (χ0v) is 8.79. The van der Waals surface area contributed by atoms with Gasteiger partial charge < -0.3 is 5.11 Å². The maximum absolute atomic E-state index is 10.8. The van der Waals surface area contributed by atoms with E-state index >= 15 is 0 Å². The lowest BCUT2D eigenvalue weighted by Gasteiger charge is -2.34. The number of hydrogen-bond acceptors (Lipinski definition) is 1. The van der Waals surface area contributed by atoms with Crippen molar-refractivity contribution >= 4 is 5.97 Å². The molecule has 0 aliphatic heterocycles. The minimum absolute atomic E-state index is 0.0787. The highest BCUT2D eigenvalue weighted by Crippen LogP contribution is 2.37. The van der Waals surface area contributed by atoms with Gasteiger partial charge in [-0.3, -0.25) is 4.79 Å². The summed E-state index contributed by atoms with van der Waals surface area (Å²) in [6.07, 6.45) is 2.84. The Morgan fingerprint density at radius 3 is 2.38 bits per heavy atom. The van der Waals surface area contributed by atoms with Crippen LogP contribution in [0.1, 0.15) is 40.0 Å². The van der Waals surface area contributed by atoms with Crippen LogP contribution in [0.3, 0.4) is 0 Å². The van der Waals surface area contributed by atoms with Gasteiger partial charge >= 0.3 is 5.97 Å². The normalized spacial score (nSPS) is 34.9. The first-order valence-corrected chi connectivity index (χ1v) is 5.25. The van der Waals surface area contributed by atoms with Crippen LogP contribution in [0, 0.1) is 23.7 Å². The largest absolute Gasteiger partial charge is 0.481 e. The van der Waals surface area contributed by atoms with E-state index in [9.17, 15) is 4.79 Å². The highest BCUT2D eigenvalue weighted by molar-refractivity contribution is 5.70. The summed E-state index contributed by atoms with van der Waals surface area (Å²) in [4.78, 5) is 10.8. The average molecular weight is 184 g/mol. The molecule has 13 heavy (non-hydrogen) atoms. The number of aliphatic carboxylic acids is 1. The van der Waals surface area contributed by atoms with Gasteiger partial charge in [0.2, 0.25) is 0 Å². The smallest absolute Gasteiger partial charge is 0.306 e. The lowest BCUT2D eigenvalue weighted by molar-refractivity contribution is -0.144. The first-order valence-electron chi connectivity index (χ1n) is 5.25. The van der Waals surface area contributed by atoms with Crippen molar-refractivity contribution in [2.75, 3.05) is 0 Å². The fraction of sp³-hybridized carbons (Fsp3) is 0.909. The third-order valence-corrected chi connectivity index (χ3v) is 3.44. The number of carboxylic acid groups (broad SMARTS) is 1. The van der Waals surface area contributed by atoms with E-state index in [4.69, 9.17) is 5.11 Å². The van der Waals surface area contributed by atoms with E-state index in [2.05, 4.69) is 20.8 Å². The molecule has 2 nitrogen and oxygen atoms in total. The second-order valence-electron chi connectivity index (χ2n) is 4.73. The third-order valence-electron chi connectivity index (χ3n) is 3.44. The lowest BCUT2D eigenvalue weighted by Crippen LogP contribution is -2.30. The predicted octanol–water partition coefficient (Wildman–Crippen LogP) is 2.78. The molecule has 0 aromatic carbocycles. The second kappa shape index (κ2) is 4.12. The number of rotatable bonds is 2. The molecule has 1 N–H and O–H groups in total. The molecule has 0 spiro atoms. The van der Waals surface area contributed by atoms with Gasteiger partial charge in [0.15, 0.2) is 0 Å². The van der Waals surface area contributed by atoms with Crippen molar-refractivity contribution in [1.29, 1.82) is 0 Å². The highest BCUT2D eigenvalue weighted by atomic mass is 16.4. The highest BCUT2D eigenvalue weighted by Gasteiger charge is 2.32. The van der Waals surface area contributed by atoms with Gasteiger partial charge in [-0.2, -0.15) is 0 Å². The van der Waals surface area contributed by atoms with Crippen molar-refractivity contribution in [3.63, 3.8) is 0 Å². The first-order chi connectivity index (χ1) is 6.02. The van der Waals surface area contributed by atoms with Gasteiger partial charge in [0.1, 0.15) is 0 Å². The van der Waals surface area contributed by atoms with Gasteiger partial charge in [0, 0.05) is 0 Å². The molecule has 0 heterocycles. The van der Waals surface area contributed by atoms with E-state index in [-0.39, 0.29) is 5.92 Å². The molecule has 0 aromatic rings.